The summed E-state index contributed by atoms with van der Waals surface area (Å²) in [7, 11) is 0. The Labute approximate surface area is 156 Å². The molecule has 0 bridgehead atoms. The molecule has 0 aromatic heterocycles. The van der Waals surface area contributed by atoms with Crippen LogP contribution in [0.4, 0.5) is 18.9 Å². The summed E-state index contributed by atoms with van der Waals surface area (Å²) in [4.78, 5) is 14.2. The van der Waals surface area contributed by atoms with Crippen molar-refractivity contribution in [1.29, 1.82) is 0 Å². The fraction of sp³-hybridized carbons (Fsp3) is 0.350. The molecule has 2 heterocycles. The van der Waals surface area contributed by atoms with Gasteiger partial charge in [0, 0.05) is 31.0 Å². The van der Waals surface area contributed by atoms with E-state index in [9.17, 15) is 18.0 Å². The van der Waals surface area contributed by atoms with Crippen LogP contribution in [0.1, 0.15) is 18.9 Å². The average molecular weight is 377 g/mol. The van der Waals surface area contributed by atoms with Crippen molar-refractivity contribution in [2.75, 3.05) is 31.5 Å². The van der Waals surface area contributed by atoms with E-state index in [1.54, 1.807) is 0 Å². The number of hydrogen-bond acceptors (Lipinski definition) is 3. The quantitative estimate of drug-likeness (QED) is 0.841. The van der Waals surface area contributed by atoms with Crippen LogP contribution in [0.15, 0.2) is 59.3 Å². The third kappa shape index (κ3) is 5.01. The molecule has 1 aromatic rings. The van der Waals surface area contributed by atoms with Gasteiger partial charge in [-0.05, 0) is 48.8 Å². The predicted octanol–water partition coefficient (Wildman–Crippen LogP) is 3.71. The summed E-state index contributed by atoms with van der Waals surface area (Å²) in [6, 6.07) is 4.47. The third-order valence-electron chi connectivity index (χ3n) is 4.64. The normalized spacial score (nSPS) is 18.1. The molecule has 0 saturated carbocycles. The molecule has 0 spiro atoms. The van der Waals surface area contributed by atoms with Gasteiger partial charge in [-0.3, -0.25) is 9.69 Å². The highest BCUT2D eigenvalue weighted by Gasteiger charge is 2.30. The summed E-state index contributed by atoms with van der Waals surface area (Å²) in [5, 5.41) is 6.04. The van der Waals surface area contributed by atoms with E-state index < -0.39 is 11.7 Å². The first kappa shape index (κ1) is 19.2. The summed E-state index contributed by atoms with van der Waals surface area (Å²) >= 11 is 0. The first-order valence-electron chi connectivity index (χ1n) is 8.83. The summed E-state index contributed by atoms with van der Waals surface area (Å²) in [6.45, 7) is 4.52. The maximum absolute atomic E-state index is 12.6. The van der Waals surface area contributed by atoms with Gasteiger partial charge in [-0.1, -0.05) is 18.2 Å². The minimum atomic E-state index is -4.38. The zero-order valence-corrected chi connectivity index (χ0v) is 15.1. The molecule has 2 N–H and O–H groups in total. The number of alkyl halides is 3. The van der Waals surface area contributed by atoms with Crippen molar-refractivity contribution in [2.24, 2.45) is 0 Å². The molecule has 4 nitrogen and oxygen atoms in total. The van der Waals surface area contributed by atoms with Crippen molar-refractivity contribution in [3.63, 3.8) is 0 Å². The summed E-state index contributed by atoms with van der Waals surface area (Å²) in [6.07, 6.45) is 2.79. The van der Waals surface area contributed by atoms with Gasteiger partial charge in [-0.25, -0.2) is 0 Å². The molecule has 27 heavy (non-hydrogen) atoms. The molecule has 2 aliphatic heterocycles. The van der Waals surface area contributed by atoms with Gasteiger partial charge in [0.2, 0.25) is 5.91 Å². The van der Waals surface area contributed by atoms with E-state index in [1.165, 1.54) is 29.0 Å². The predicted molar refractivity (Wildman–Crippen MR) is 99.1 cm³/mol. The van der Waals surface area contributed by atoms with Gasteiger partial charge >= 0.3 is 6.18 Å². The Kier molecular flexibility index (Phi) is 5.70. The molecule has 0 radical (unpaired) electrons. The van der Waals surface area contributed by atoms with Crippen LogP contribution in [0.3, 0.4) is 0 Å². The minimum Gasteiger partial charge on any atom is -0.381 e. The van der Waals surface area contributed by atoms with Crippen molar-refractivity contribution in [3.05, 3.63) is 64.9 Å². The fourth-order valence-electron chi connectivity index (χ4n) is 3.21. The van der Waals surface area contributed by atoms with Gasteiger partial charge in [0.1, 0.15) is 0 Å². The molecule has 144 valence electrons. The molecule has 1 aromatic carbocycles. The number of anilines is 1. The van der Waals surface area contributed by atoms with Crippen LogP contribution in [-0.4, -0.2) is 37.0 Å². The van der Waals surface area contributed by atoms with Crippen molar-refractivity contribution < 1.29 is 18.0 Å². The Bertz CT molecular complexity index is 792. The van der Waals surface area contributed by atoms with Gasteiger partial charge in [0.05, 0.1) is 12.1 Å². The maximum atomic E-state index is 12.6. The number of halogens is 3. The second-order valence-corrected chi connectivity index (χ2v) is 6.68. The number of nitrogens with one attached hydrogen (secondary N) is 2. The molecule has 0 atom stereocenters. The number of carbonyl (C=O) groups excluding carboxylic acids is 1. The Balaban J connectivity index is 1.53. The van der Waals surface area contributed by atoms with Crippen LogP contribution in [0.2, 0.25) is 0 Å². The highest BCUT2D eigenvalue weighted by molar-refractivity contribution is 5.92. The molecule has 0 unspecified atom stereocenters. The maximum Gasteiger partial charge on any atom is 0.416 e. The van der Waals surface area contributed by atoms with Gasteiger partial charge in [0.25, 0.3) is 0 Å². The van der Waals surface area contributed by atoms with Crippen molar-refractivity contribution >= 4 is 11.6 Å². The summed E-state index contributed by atoms with van der Waals surface area (Å²) < 4.78 is 37.7. The van der Waals surface area contributed by atoms with Gasteiger partial charge in [-0.2, -0.15) is 13.2 Å². The SMILES string of the molecule is CC1=C(C2=CCN(CC(=O)Nc3ccc(C(F)(F)F)cc3)CC2)NCC=C1. The Morgan fingerprint density at radius 3 is 2.59 bits per heavy atom. The smallest absolute Gasteiger partial charge is 0.381 e. The number of nitrogens with zero attached hydrogens (tertiary/aromatic N) is 1. The van der Waals surface area contributed by atoms with Crippen LogP contribution < -0.4 is 10.6 Å². The first-order valence-corrected chi connectivity index (χ1v) is 8.83. The number of rotatable bonds is 4. The van der Waals surface area contributed by atoms with E-state index in [2.05, 4.69) is 35.8 Å². The molecule has 1 amide bonds. The largest absolute Gasteiger partial charge is 0.416 e. The van der Waals surface area contributed by atoms with Gasteiger partial charge in [0.15, 0.2) is 0 Å². The Morgan fingerprint density at radius 1 is 1.26 bits per heavy atom. The highest BCUT2D eigenvalue weighted by Crippen LogP contribution is 2.29. The lowest BCUT2D eigenvalue weighted by atomic mass is 9.99. The third-order valence-corrected chi connectivity index (χ3v) is 4.64. The number of carbonyl (C=O) groups is 1. The van der Waals surface area contributed by atoms with Crippen molar-refractivity contribution in [2.45, 2.75) is 19.5 Å². The monoisotopic (exact) mass is 377 g/mol. The average Bonchev–Trinajstić information content (AvgIpc) is 2.62. The number of dihydropyridines is 1. The fourth-order valence-corrected chi connectivity index (χ4v) is 3.21. The molecule has 2 aliphatic rings. The van der Waals surface area contributed by atoms with E-state index in [4.69, 9.17) is 0 Å². The van der Waals surface area contributed by atoms with E-state index in [0.29, 0.717) is 12.2 Å². The molecular weight excluding hydrogens is 355 g/mol. The standard InChI is InChI=1S/C20H22F3N3O/c1-14-3-2-10-24-19(14)15-8-11-26(12-9-15)13-18(27)25-17-6-4-16(5-7-17)20(21,22)23/h2-8,24H,9-13H2,1H3,(H,25,27). The molecular formula is C20H22F3N3O. The van der Waals surface area contributed by atoms with E-state index in [0.717, 1.165) is 31.6 Å². The van der Waals surface area contributed by atoms with Gasteiger partial charge in [-0.15, -0.1) is 0 Å². The lowest BCUT2D eigenvalue weighted by Gasteiger charge is -2.28. The Morgan fingerprint density at radius 2 is 2.00 bits per heavy atom. The number of hydrogen-bond donors (Lipinski definition) is 2. The van der Waals surface area contributed by atoms with E-state index in [1.807, 2.05) is 4.90 Å². The Hall–Kier alpha value is -2.54. The second kappa shape index (κ2) is 8.00. The van der Waals surface area contributed by atoms with Crippen LogP contribution in [0, 0.1) is 0 Å². The van der Waals surface area contributed by atoms with Crippen LogP contribution >= 0.6 is 0 Å². The minimum absolute atomic E-state index is 0.205. The molecule has 3 rings (SSSR count). The molecule has 0 aliphatic carbocycles. The van der Waals surface area contributed by atoms with Crippen LogP contribution in [0.25, 0.3) is 0 Å². The molecule has 0 saturated heterocycles. The molecule has 0 fully saturated rings. The highest BCUT2D eigenvalue weighted by atomic mass is 19.4. The number of amides is 1. The number of benzene rings is 1. The molecule has 7 heteroatoms. The van der Waals surface area contributed by atoms with Crippen molar-refractivity contribution in [3.8, 4) is 0 Å². The lowest BCUT2D eigenvalue weighted by Crippen LogP contribution is -2.37. The second-order valence-electron chi connectivity index (χ2n) is 6.68. The zero-order chi connectivity index (χ0) is 19.4. The van der Waals surface area contributed by atoms with Crippen LogP contribution in [0.5, 0.6) is 0 Å². The van der Waals surface area contributed by atoms with Crippen molar-refractivity contribution in [1.82, 2.24) is 10.2 Å². The number of allylic oxidation sites excluding steroid dienone is 3. The van der Waals surface area contributed by atoms with Gasteiger partial charge < -0.3 is 10.6 Å². The van der Waals surface area contributed by atoms with E-state index >= 15 is 0 Å². The zero-order valence-electron chi connectivity index (χ0n) is 15.1. The lowest BCUT2D eigenvalue weighted by molar-refractivity contribution is -0.137. The first-order chi connectivity index (χ1) is 12.8. The van der Waals surface area contributed by atoms with E-state index in [-0.39, 0.29) is 12.5 Å². The topological polar surface area (TPSA) is 44.4 Å². The van der Waals surface area contributed by atoms with Crippen LogP contribution in [-0.2, 0) is 11.0 Å². The summed E-state index contributed by atoms with van der Waals surface area (Å²) in [5.41, 5.74) is 3.27. The summed E-state index contributed by atoms with van der Waals surface area (Å²) in [5.74, 6) is -0.235.